The van der Waals surface area contributed by atoms with Crippen molar-refractivity contribution in [2.75, 3.05) is 13.2 Å². The van der Waals surface area contributed by atoms with Crippen molar-refractivity contribution in [3.05, 3.63) is 125 Å². The van der Waals surface area contributed by atoms with E-state index in [9.17, 15) is 19.2 Å². The number of benzene rings is 4. The first-order chi connectivity index (χ1) is 23.8. The second-order valence-electron chi connectivity index (χ2n) is 11.0. The van der Waals surface area contributed by atoms with E-state index in [0.29, 0.717) is 12.8 Å². The molecule has 2 atom stereocenters. The van der Waals surface area contributed by atoms with Gasteiger partial charge in [0.05, 0.1) is 43.3 Å². The SMILES string of the molecule is CC(CCOC(=O)c1c(Cl)c(Cl)cc(Cl)c1OC(=O)C(=O)Oc1c(Cl)cc(Cl)c(Cl)c1C(=O)OCCC(C)c1ccccc1)c1ccccc1. The first-order valence-corrected chi connectivity index (χ1v) is 17.3. The second kappa shape index (κ2) is 18.1. The molecule has 4 aromatic rings. The molecule has 4 rings (SSSR count). The maximum absolute atomic E-state index is 13.2. The Bertz CT molecular complexity index is 1750. The summed E-state index contributed by atoms with van der Waals surface area (Å²) in [6.45, 7) is 3.85. The molecule has 14 heteroatoms. The maximum Gasteiger partial charge on any atom is 0.423 e. The van der Waals surface area contributed by atoms with Gasteiger partial charge in [-0.05, 0) is 47.9 Å². The topological polar surface area (TPSA) is 105 Å². The Kier molecular flexibility index (Phi) is 14.2. The third kappa shape index (κ3) is 9.84. The van der Waals surface area contributed by atoms with Crippen LogP contribution in [0, 0.1) is 0 Å². The highest BCUT2D eigenvalue weighted by Gasteiger charge is 2.32. The minimum Gasteiger partial charge on any atom is -0.462 e. The van der Waals surface area contributed by atoms with Crippen LogP contribution in [0.2, 0.25) is 30.1 Å². The number of halogens is 6. The van der Waals surface area contributed by atoms with Crippen LogP contribution >= 0.6 is 69.6 Å². The van der Waals surface area contributed by atoms with Crippen LogP contribution in [0.4, 0.5) is 0 Å². The van der Waals surface area contributed by atoms with Gasteiger partial charge in [-0.2, -0.15) is 0 Å². The van der Waals surface area contributed by atoms with Gasteiger partial charge in [0.1, 0.15) is 11.1 Å². The van der Waals surface area contributed by atoms with Crippen LogP contribution in [0.1, 0.15) is 70.4 Å². The van der Waals surface area contributed by atoms with Gasteiger partial charge in [-0.1, -0.05) is 144 Å². The van der Waals surface area contributed by atoms with Crippen molar-refractivity contribution in [1.29, 1.82) is 0 Å². The highest BCUT2D eigenvalue weighted by Crippen LogP contribution is 2.42. The van der Waals surface area contributed by atoms with Crippen molar-refractivity contribution in [1.82, 2.24) is 0 Å². The largest absolute Gasteiger partial charge is 0.462 e. The molecule has 0 bridgehead atoms. The molecule has 0 heterocycles. The van der Waals surface area contributed by atoms with Gasteiger partial charge in [0.2, 0.25) is 0 Å². The van der Waals surface area contributed by atoms with Crippen molar-refractivity contribution in [3.8, 4) is 11.5 Å². The van der Waals surface area contributed by atoms with Crippen LogP contribution < -0.4 is 9.47 Å². The molecule has 0 saturated carbocycles. The summed E-state index contributed by atoms with van der Waals surface area (Å²) in [5.41, 5.74) is 1.08. The lowest BCUT2D eigenvalue weighted by atomic mass is 9.98. The van der Waals surface area contributed by atoms with Gasteiger partial charge in [0.25, 0.3) is 0 Å². The van der Waals surface area contributed by atoms with E-state index < -0.39 is 46.5 Å². The Labute approximate surface area is 318 Å². The van der Waals surface area contributed by atoms with Gasteiger partial charge in [-0.15, -0.1) is 0 Å². The Morgan fingerprint density at radius 1 is 0.540 bits per heavy atom. The van der Waals surface area contributed by atoms with E-state index in [2.05, 4.69) is 0 Å². The molecule has 0 N–H and O–H groups in total. The molecule has 262 valence electrons. The first-order valence-electron chi connectivity index (χ1n) is 15.0. The number of carbonyl (C=O) groups excluding carboxylic acids is 4. The van der Waals surface area contributed by atoms with Gasteiger partial charge in [-0.25, -0.2) is 19.2 Å². The lowest BCUT2D eigenvalue weighted by Gasteiger charge is -2.16. The summed E-state index contributed by atoms with van der Waals surface area (Å²) in [7, 11) is 0. The average molecular weight is 801 g/mol. The maximum atomic E-state index is 13.2. The fraction of sp³-hybridized carbons (Fsp3) is 0.222. The van der Waals surface area contributed by atoms with E-state index in [0.717, 1.165) is 23.3 Å². The third-order valence-electron chi connectivity index (χ3n) is 7.52. The van der Waals surface area contributed by atoms with Gasteiger partial charge in [-0.3, -0.25) is 0 Å². The van der Waals surface area contributed by atoms with Gasteiger partial charge in [0.15, 0.2) is 11.5 Å². The minimum atomic E-state index is -1.67. The van der Waals surface area contributed by atoms with E-state index >= 15 is 0 Å². The van der Waals surface area contributed by atoms with Crippen LogP contribution in [0.15, 0.2) is 72.8 Å². The third-order valence-corrected chi connectivity index (χ3v) is 9.66. The second-order valence-corrected chi connectivity index (χ2v) is 13.4. The molecule has 0 aromatic heterocycles. The number of esters is 4. The van der Waals surface area contributed by atoms with Crippen molar-refractivity contribution < 1.29 is 38.1 Å². The Balaban J connectivity index is 1.49. The zero-order chi connectivity index (χ0) is 36.5. The molecule has 0 saturated heterocycles. The van der Waals surface area contributed by atoms with Gasteiger partial charge < -0.3 is 18.9 Å². The summed E-state index contributed by atoms with van der Waals surface area (Å²) in [6, 6.07) is 21.4. The Morgan fingerprint density at radius 2 is 0.880 bits per heavy atom. The number of rotatable bonds is 12. The summed E-state index contributed by atoms with van der Waals surface area (Å²) >= 11 is 37.4. The van der Waals surface area contributed by atoms with Crippen LogP contribution in [0.5, 0.6) is 11.5 Å². The molecule has 50 heavy (non-hydrogen) atoms. The molecule has 4 aromatic carbocycles. The molecule has 0 radical (unpaired) electrons. The Hall–Kier alpha value is -3.50. The first kappa shape index (κ1) is 39.3. The molecule has 0 amide bonds. The van der Waals surface area contributed by atoms with Crippen LogP contribution in [-0.4, -0.2) is 37.1 Å². The monoisotopic (exact) mass is 798 g/mol. The van der Waals surface area contributed by atoms with Crippen LogP contribution in [0.25, 0.3) is 0 Å². The quantitative estimate of drug-likeness (QED) is 0.0604. The molecule has 0 aliphatic carbocycles. The van der Waals surface area contributed by atoms with E-state index in [4.69, 9.17) is 88.6 Å². The normalized spacial score (nSPS) is 12.1. The van der Waals surface area contributed by atoms with E-state index in [-0.39, 0.29) is 55.2 Å². The number of hydrogen-bond acceptors (Lipinski definition) is 8. The summed E-state index contributed by atoms with van der Waals surface area (Å²) < 4.78 is 21.2. The molecule has 0 spiro atoms. The van der Waals surface area contributed by atoms with E-state index in [1.165, 1.54) is 0 Å². The van der Waals surface area contributed by atoms with E-state index in [1.54, 1.807) is 0 Å². The molecule has 0 aliphatic rings. The molecular weight excluding hydrogens is 773 g/mol. The summed E-state index contributed by atoms with van der Waals surface area (Å²) in [4.78, 5) is 52.4. The fourth-order valence-corrected chi connectivity index (χ4v) is 6.13. The van der Waals surface area contributed by atoms with Crippen molar-refractivity contribution >= 4 is 93.5 Å². The van der Waals surface area contributed by atoms with E-state index in [1.807, 2.05) is 74.5 Å². The van der Waals surface area contributed by atoms with Crippen LogP contribution in [0.3, 0.4) is 0 Å². The number of hydrogen-bond donors (Lipinski definition) is 0. The molecule has 8 nitrogen and oxygen atoms in total. The summed E-state index contributed by atoms with van der Waals surface area (Å²) in [6.07, 6.45) is 0.898. The zero-order valence-electron chi connectivity index (χ0n) is 26.4. The highest BCUT2D eigenvalue weighted by atomic mass is 35.5. The number of carbonyl (C=O) groups is 4. The summed E-state index contributed by atoms with van der Waals surface area (Å²) in [5.74, 6) is -6.52. The van der Waals surface area contributed by atoms with Gasteiger partial charge >= 0.3 is 23.9 Å². The van der Waals surface area contributed by atoms with Gasteiger partial charge in [0, 0.05) is 0 Å². The summed E-state index contributed by atoms with van der Waals surface area (Å²) in [5, 5.41) is -1.65. The fourth-order valence-electron chi connectivity index (χ4n) is 4.69. The Morgan fingerprint density at radius 3 is 1.22 bits per heavy atom. The average Bonchev–Trinajstić information content (AvgIpc) is 3.10. The molecule has 0 aliphatic heterocycles. The standard InChI is InChI=1S/C36H28Cl6O8/c1-19(21-9-5-3-6-10-21)13-15-47-33(43)27-29(41)23(37)17-25(39)31(27)49-35(45)36(46)50-32-26(40)18-24(38)30(42)28(32)34(44)48-16-14-20(2)22-11-7-4-8-12-22/h3-12,17-20H,13-16H2,1-2H3. The molecular formula is C36H28Cl6O8. The lowest BCUT2D eigenvalue weighted by Crippen LogP contribution is -2.27. The molecule has 0 fully saturated rings. The lowest BCUT2D eigenvalue weighted by molar-refractivity contribution is -0.156. The molecule has 2 unspecified atom stereocenters. The van der Waals surface area contributed by atoms with Crippen LogP contribution in [-0.2, 0) is 19.1 Å². The number of ether oxygens (including phenoxy) is 4. The predicted octanol–water partition coefficient (Wildman–Crippen LogP) is 10.8. The predicted molar refractivity (Wildman–Crippen MR) is 194 cm³/mol. The van der Waals surface area contributed by atoms with Crippen molar-refractivity contribution in [3.63, 3.8) is 0 Å². The zero-order valence-corrected chi connectivity index (χ0v) is 31.0. The minimum absolute atomic E-state index is 0.0371. The highest BCUT2D eigenvalue weighted by molar-refractivity contribution is 6.47. The van der Waals surface area contributed by atoms with Crippen molar-refractivity contribution in [2.24, 2.45) is 0 Å². The van der Waals surface area contributed by atoms with Crippen molar-refractivity contribution in [2.45, 2.75) is 38.5 Å². The smallest absolute Gasteiger partial charge is 0.423 e.